The van der Waals surface area contributed by atoms with Gasteiger partial charge in [0.05, 0.1) is 17.4 Å². The van der Waals surface area contributed by atoms with Crippen LogP contribution >= 0.6 is 11.6 Å². The molecular formula is C23H21ClN2. The van der Waals surface area contributed by atoms with E-state index in [2.05, 4.69) is 72.6 Å². The van der Waals surface area contributed by atoms with E-state index >= 15 is 0 Å². The van der Waals surface area contributed by atoms with Crippen molar-refractivity contribution in [2.24, 2.45) is 5.10 Å². The Labute approximate surface area is 159 Å². The number of hydrogen-bond donors (Lipinski definition) is 0. The van der Waals surface area contributed by atoms with Crippen LogP contribution in [0.5, 0.6) is 0 Å². The minimum Gasteiger partial charge on any atom is -0.257 e. The Bertz CT molecular complexity index is 946. The van der Waals surface area contributed by atoms with Crippen molar-refractivity contribution < 1.29 is 0 Å². The average molecular weight is 361 g/mol. The molecule has 0 bridgehead atoms. The lowest BCUT2D eigenvalue weighted by molar-refractivity contribution is 0.709. The number of benzene rings is 3. The molecule has 0 unspecified atom stereocenters. The fourth-order valence-corrected chi connectivity index (χ4v) is 3.50. The Hall–Kier alpha value is -2.58. The summed E-state index contributed by atoms with van der Waals surface area (Å²) in [6.45, 7) is 4.12. The normalized spacial score (nSPS) is 16.7. The molecule has 0 saturated carbocycles. The third-order valence-corrected chi connectivity index (χ3v) is 5.31. The van der Waals surface area contributed by atoms with Gasteiger partial charge in [0.15, 0.2) is 0 Å². The third kappa shape index (κ3) is 3.25. The summed E-state index contributed by atoms with van der Waals surface area (Å²) in [6.07, 6.45) is 0.874. The fourth-order valence-electron chi connectivity index (χ4n) is 3.33. The minimum atomic E-state index is 0.172. The van der Waals surface area contributed by atoms with Gasteiger partial charge in [0.2, 0.25) is 0 Å². The number of hydrogen-bond acceptors (Lipinski definition) is 2. The summed E-state index contributed by atoms with van der Waals surface area (Å²) in [4.78, 5) is 0. The zero-order chi connectivity index (χ0) is 18.1. The second kappa shape index (κ2) is 6.97. The number of halogens is 1. The van der Waals surface area contributed by atoms with E-state index in [0.29, 0.717) is 0 Å². The number of aryl methyl sites for hydroxylation is 2. The first-order valence-electron chi connectivity index (χ1n) is 8.86. The zero-order valence-electron chi connectivity index (χ0n) is 15.0. The molecule has 3 aromatic rings. The zero-order valence-corrected chi connectivity index (χ0v) is 15.7. The molecule has 130 valence electrons. The Kier molecular flexibility index (Phi) is 4.52. The Morgan fingerprint density at radius 1 is 0.923 bits per heavy atom. The second-order valence-electron chi connectivity index (χ2n) is 6.82. The van der Waals surface area contributed by atoms with Gasteiger partial charge in [-0.05, 0) is 42.7 Å². The highest BCUT2D eigenvalue weighted by atomic mass is 35.5. The van der Waals surface area contributed by atoms with Gasteiger partial charge in [-0.2, -0.15) is 5.10 Å². The van der Waals surface area contributed by atoms with Gasteiger partial charge in [-0.25, -0.2) is 0 Å². The summed E-state index contributed by atoms with van der Waals surface area (Å²) in [7, 11) is 0. The molecule has 0 N–H and O–H groups in total. The second-order valence-corrected chi connectivity index (χ2v) is 7.23. The van der Waals surface area contributed by atoms with Crippen molar-refractivity contribution in [3.63, 3.8) is 0 Å². The first-order valence-corrected chi connectivity index (χ1v) is 9.24. The molecule has 4 rings (SSSR count). The Morgan fingerprint density at radius 3 is 2.35 bits per heavy atom. The SMILES string of the molecule is Cc1ccc(C2=NN(c3ccc(C)c(Cl)c3)[C@H](c3ccccc3)C2)cc1. The highest BCUT2D eigenvalue weighted by molar-refractivity contribution is 6.31. The van der Waals surface area contributed by atoms with Crippen molar-refractivity contribution in [3.8, 4) is 0 Å². The molecule has 0 spiro atoms. The van der Waals surface area contributed by atoms with Gasteiger partial charge in [0.25, 0.3) is 0 Å². The summed E-state index contributed by atoms with van der Waals surface area (Å²) < 4.78 is 0. The van der Waals surface area contributed by atoms with Gasteiger partial charge in [0, 0.05) is 11.4 Å². The van der Waals surface area contributed by atoms with Crippen LogP contribution in [-0.4, -0.2) is 5.71 Å². The topological polar surface area (TPSA) is 15.6 Å². The maximum atomic E-state index is 6.38. The van der Waals surface area contributed by atoms with E-state index in [1.807, 2.05) is 19.1 Å². The van der Waals surface area contributed by atoms with Crippen molar-refractivity contribution >= 4 is 23.0 Å². The molecule has 26 heavy (non-hydrogen) atoms. The molecule has 1 aliphatic heterocycles. The van der Waals surface area contributed by atoms with E-state index < -0.39 is 0 Å². The fraction of sp³-hybridized carbons (Fsp3) is 0.174. The molecule has 0 aromatic heterocycles. The van der Waals surface area contributed by atoms with Gasteiger partial charge < -0.3 is 0 Å². The summed E-state index contributed by atoms with van der Waals surface area (Å²) in [5, 5.41) is 7.86. The largest absolute Gasteiger partial charge is 0.257 e. The monoisotopic (exact) mass is 360 g/mol. The van der Waals surface area contributed by atoms with Crippen LogP contribution in [0, 0.1) is 13.8 Å². The molecule has 1 heterocycles. The molecule has 0 amide bonds. The van der Waals surface area contributed by atoms with Gasteiger partial charge in [-0.1, -0.05) is 77.8 Å². The average Bonchev–Trinajstić information content (AvgIpc) is 3.11. The van der Waals surface area contributed by atoms with Crippen molar-refractivity contribution in [1.29, 1.82) is 0 Å². The molecule has 0 radical (unpaired) electrons. The molecule has 3 heteroatoms. The minimum absolute atomic E-state index is 0.172. The quantitative estimate of drug-likeness (QED) is 0.534. The van der Waals surface area contributed by atoms with Gasteiger partial charge in [0.1, 0.15) is 0 Å². The predicted octanol–water partition coefficient (Wildman–Crippen LogP) is 6.31. The highest BCUT2D eigenvalue weighted by Gasteiger charge is 2.30. The number of anilines is 1. The summed E-state index contributed by atoms with van der Waals surface area (Å²) in [5.74, 6) is 0. The maximum Gasteiger partial charge on any atom is 0.0831 e. The van der Waals surface area contributed by atoms with Crippen LogP contribution in [0.15, 0.2) is 77.9 Å². The number of rotatable bonds is 3. The van der Waals surface area contributed by atoms with Gasteiger partial charge in [-0.3, -0.25) is 5.01 Å². The first kappa shape index (κ1) is 16.9. The van der Waals surface area contributed by atoms with Crippen molar-refractivity contribution in [3.05, 3.63) is 100 Å². The Morgan fingerprint density at radius 2 is 1.65 bits per heavy atom. The summed E-state index contributed by atoms with van der Waals surface area (Å²) in [6, 6.07) is 25.5. The summed E-state index contributed by atoms with van der Waals surface area (Å²) in [5.41, 5.74) is 6.90. The lowest BCUT2D eigenvalue weighted by Crippen LogP contribution is -2.18. The standard InChI is InChI=1S/C23H21ClN2/c1-16-8-11-18(12-9-16)22-15-23(19-6-4-3-5-7-19)26(25-22)20-13-10-17(2)21(24)14-20/h3-14,23H,15H2,1-2H3/t23-/m0/s1. The van der Waals surface area contributed by atoms with E-state index in [1.165, 1.54) is 16.7 Å². The summed E-state index contributed by atoms with van der Waals surface area (Å²) >= 11 is 6.38. The molecule has 1 aliphatic rings. The Balaban J connectivity index is 1.76. The van der Waals surface area contributed by atoms with Crippen LogP contribution in [0.4, 0.5) is 5.69 Å². The number of hydrazone groups is 1. The van der Waals surface area contributed by atoms with Gasteiger partial charge in [-0.15, -0.1) is 0 Å². The van der Waals surface area contributed by atoms with E-state index in [9.17, 15) is 0 Å². The van der Waals surface area contributed by atoms with Crippen LogP contribution in [-0.2, 0) is 0 Å². The van der Waals surface area contributed by atoms with Crippen LogP contribution in [0.25, 0.3) is 0 Å². The molecular weight excluding hydrogens is 340 g/mol. The predicted molar refractivity (Wildman–Crippen MR) is 110 cm³/mol. The van der Waals surface area contributed by atoms with Crippen LogP contribution < -0.4 is 5.01 Å². The molecule has 0 fully saturated rings. The third-order valence-electron chi connectivity index (χ3n) is 4.90. The first-order chi connectivity index (χ1) is 12.6. The van der Waals surface area contributed by atoms with E-state index in [0.717, 1.165) is 28.4 Å². The molecule has 0 saturated heterocycles. The smallest absolute Gasteiger partial charge is 0.0831 e. The highest BCUT2D eigenvalue weighted by Crippen LogP contribution is 2.37. The van der Waals surface area contributed by atoms with E-state index in [-0.39, 0.29) is 6.04 Å². The maximum absolute atomic E-state index is 6.38. The number of nitrogens with zero attached hydrogens (tertiary/aromatic N) is 2. The van der Waals surface area contributed by atoms with Crippen LogP contribution in [0.1, 0.15) is 34.7 Å². The molecule has 3 aromatic carbocycles. The van der Waals surface area contributed by atoms with Crippen LogP contribution in [0.2, 0.25) is 5.02 Å². The lowest BCUT2D eigenvalue weighted by Gasteiger charge is -2.24. The van der Waals surface area contributed by atoms with Gasteiger partial charge >= 0.3 is 0 Å². The van der Waals surface area contributed by atoms with E-state index in [1.54, 1.807) is 0 Å². The van der Waals surface area contributed by atoms with Crippen LogP contribution in [0.3, 0.4) is 0 Å². The van der Waals surface area contributed by atoms with Crippen molar-refractivity contribution in [2.75, 3.05) is 5.01 Å². The molecule has 1 atom stereocenters. The van der Waals surface area contributed by atoms with Crippen molar-refractivity contribution in [2.45, 2.75) is 26.3 Å². The van der Waals surface area contributed by atoms with Crippen molar-refractivity contribution in [1.82, 2.24) is 0 Å². The van der Waals surface area contributed by atoms with E-state index in [4.69, 9.17) is 16.7 Å². The molecule has 0 aliphatic carbocycles. The molecule has 2 nitrogen and oxygen atoms in total. The lowest BCUT2D eigenvalue weighted by atomic mass is 9.98.